The van der Waals surface area contributed by atoms with Crippen molar-refractivity contribution in [2.24, 2.45) is 0 Å². The Bertz CT molecular complexity index is 518. The van der Waals surface area contributed by atoms with Crippen molar-refractivity contribution in [2.75, 3.05) is 21.3 Å². The molecule has 0 aliphatic heterocycles. The molecular weight excluding hydrogens is 252 g/mol. The minimum Gasteiger partial charge on any atom is -0.507 e. The fourth-order valence-corrected chi connectivity index (χ4v) is 1.37. The minimum absolute atomic E-state index is 0.264. The first-order valence-corrected chi connectivity index (χ1v) is 5.28. The van der Waals surface area contributed by atoms with Gasteiger partial charge in [0.05, 0.1) is 26.9 Å². The molecule has 0 saturated heterocycles. The van der Waals surface area contributed by atoms with Gasteiger partial charge in [0.1, 0.15) is 17.3 Å². The SMILES string of the molecule is COC(=O)C(=O)C=C(O)c1ccc(OC)cc1OC. The van der Waals surface area contributed by atoms with Crippen molar-refractivity contribution in [2.45, 2.75) is 0 Å². The Kier molecular flexibility index (Phi) is 4.93. The maximum Gasteiger partial charge on any atom is 0.378 e. The van der Waals surface area contributed by atoms with Crippen molar-refractivity contribution in [1.29, 1.82) is 0 Å². The molecule has 0 heterocycles. The molecule has 0 amide bonds. The van der Waals surface area contributed by atoms with Gasteiger partial charge < -0.3 is 19.3 Å². The number of ketones is 1. The Morgan fingerprint density at radius 3 is 2.37 bits per heavy atom. The number of hydrogen-bond acceptors (Lipinski definition) is 6. The van der Waals surface area contributed by atoms with Gasteiger partial charge in [-0.3, -0.25) is 4.79 Å². The van der Waals surface area contributed by atoms with Crippen molar-refractivity contribution in [3.63, 3.8) is 0 Å². The number of aliphatic hydroxyl groups is 1. The third-order valence-electron chi connectivity index (χ3n) is 2.34. The van der Waals surface area contributed by atoms with Gasteiger partial charge in [-0.2, -0.15) is 0 Å². The molecule has 1 rings (SSSR count). The molecule has 1 N–H and O–H groups in total. The molecule has 0 unspecified atom stereocenters. The van der Waals surface area contributed by atoms with Gasteiger partial charge in [0.15, 0.2) is 0 Å². The van der Waals surface area contributed by atoms with Crippen LogP contribution in [0.15, 0.2) is 24.3 Å². The molecule has 19 heavy (non-hydrogen) atoms. The van der Waals surface area contributed by atoms with Gasteiger partial charge in [0.25, 0.3) is 5.78 Å². The zero-order chi connectivity index (χ0) is 14.4. The molecule has 6 nitrogen and oxygen atoms in total. The van der Waals surface area contributed by atoms with E-state index >= 15 is 0 Å². The molecule has 0 fully saturated rings. The van der Waals surface area contributed by atoms with E-state index in [1.165, 1.54) is 20.3 Å². The van der Waals surface area contributed by atoms with Crippen LogP contribution in [0, 0.1) is 0 Å². The summed E-state index contributed by atoms with van der Waals surface area (Å²) in [5.41, 5.74) is 0.264. The van der Waals surface area contributed by atoms with E-state index in [1.807, 2.05) is 0 Å². The Labute approximate surface area is 110 Å². The lowest BCUT2D eigenvalue weighted by Gasteiger charge is -2.09. The van der Waals surface area contributed by atoms with E-state index in [0.29, 0.717) is 11.5 Å². The number of benzene rings is 1. The maximum absolute atomic E-state index is 11.3. The largest absolute Gasteiger partial charge is 0.507 e. The number of aliphatic hydroxyl groups excluding tert-OH is 1. The van der Waals surface area contributed by atoms with Gasteiger partial charge >= 0.3 is 5.97 Å². The summed E-state index contributed by atoms with van der Waals surface area (Å²) in [6.07, 6.45) is 0.774. The highest BCUT2D eigenvalue weighted by Gasteiger charge is 2.15. The van der Waals surface area contributed by atoms with Crippen LogP contribution in [0.1, 0.15) is 5.56 Å². The molecule has 0 radical (unpaired) electrons. The number of esters is 1. The molecule has 0 aliphatic carbocycles. The lowest BCUT2D eigenvalue weighted by atomic mass is 10.1. The molecule has 0 aliphatic rings. The Balaban J connectivity index is 3.12. The molecule has 6 heteroatoms. The monoisotopic (exact) mass is 266 g/mol. The molecule has 0 saturated carbocycles. The average Bonchev–Trinajstić information content (AvgIpc) is 2.45. The van der Waals surface area contributed by atoms with Gasteiger partial charge in [-0.15, -0.1) is 0 Å². The van der Waals surface area contributed by atoms with Crippen molar-refractivity contribution in [3.8, 4) is 11.5 Å². The number of rotatable bonds is 5. The predicted molar refractivity (Wildman–Crippen MR) is 67.2 cm³/mol. The standard InChI is InChI=1S/C13H14O6/c1-17-8-4-5-9(12(6-8)18-2)10(14)7-11(15)13(16)19-3/h4-7,14H,1-3H3. The molecule has 1 aromatic carbocycles. The fraction of sp³-hybridized carbons (Fsp3) is 0.231. The zero-order valence-corrected chi connectivity index (χ0v) is 10.8. The van der Waals surface area contributed by atoms with E-state index in [0.717, 1.165) is 13.2 Å². The summed E-state index contributed by atoms with van der Waals surface area (Å²) in [5.74, 6) is -1.56. The number of carbonyl (C=O) groups is 2. The van der Waals surface area contributed by atoms with Crippen LogP contribution in [0.3, 0.4) is 0 Å². The number of methoxy groups -OCH3 is 3. The first kappa shape index (κ1) is 14.6. The molecular formula is C13H14O6. The highest BCUT2D eigenvalue weighted by Crippen LogP contribution is 2.28. The number of hydrogen-bond donors (Lipinski definition) is 1. The van der Waals surface area contributed by atoms with E-state index in [-0.39, 0.29) is 5.56 Å². The summed E-state index contributed by atoms with van der Waals surface area (Å²) in [7, 11) is 3.98. The quantitative estimate of drug-likeness (QED) is 0.375. The van der Waals surface area contributed by atoms with Crippen LogP contribution in [0.4, 0.5) is 0 Å². The lowest BCUT2D eigenvalue weighted by molar-refractivity contribution is -0.149. The first-order chi connectivity index (χ1) is 9.03. The van der Waals surface area contributed by atoms with Gasteiger partial charge in [-0.05, 0) is 12.1 Å². The van der Waals surface area contributed by atoms with Gasteiger partial charge in [0.2, 0.25) is 0 Å². The Hall–Kier alpha value is -2.50. The van der Waals surface area contributed by atoms with Crippen molar-refractivity contribution < 1.29 is 28.9 Å². The summed E-state index contributed by atoms with van der Waals surface area (Å²) >= 11 is 0. The average molecular weight is 266 g/mol. The van der Waals surface area contributed by atoms with E-state index in [4.69, 9.17) is 9.47 Å². The Morgan fingerprint density at radius 1 is 1.16 bits per heavy atom. The zero-order valence-electron chi connectivity index (χ0n) is 10.8. The van der Waals surface area contributed by atoms with Crippen LogP contribution in [-0.4, -0.2) is 38.2 Å². The van der Waals surface area contributed by atoms with E-state index in [1.54, 1.807) is 12.1 Å². The van der Waals surface area contributed by atoms with Crippen LogP contribution in [-0.2, 0) is 14.3 Å². The van der Waals surface area contributed by atoms with E-state index in [2.05, 4.69) is 4.74 Å². The van der Waals surface area contributed by atoms with Crippen LogP contribution >= 0.6 is 0 Å². The molecule has 1 aromatic rings. The van der Waals surface area contributed by atoms with Crippen LogP contribution in [0.25, 0.3) is 5.76 Å². The number of ether oxygens (including phenoxy) is 3. The van der Waals surface area contributed by atoms with Crippen molar-refractivity contribution in [1.82, 2.24) is 0 Å². The smallest absolute Gasteiger partial charge is 0.378 e. The second kappa shape index (κ2) is 6.44. The van der Waals surface area contributed by atoms with Gasteiger partial charge in [-0.25, -0.2) is 4.79 Å². The summed E-state index contributed by atoms with van der Waals surface area (Å²) in [6.45, 7) is 0. The molecule has 0 atom stereocenters. The van der Waals surface area contributed by atoms with Crippen molar-refractivity contribution >= 4 is 17.5 Å². The molecule has 0 spiro atoms. The minimum atomic E-state index is -1.06. The predicted octanol–water partition coefficient (Wildman–Crippen LogP) is 1.34. The fourth-order valence-electron chi connectivity index (χ4n) is 1.37. The van der Waals surface area contributed by atoms with Crippen LogP contribution in [0.2, 0.25) is 0 Å². The molecule has 0 bridgehead atoms. The van der Waals surface area contributed by atoms with E-state index in [9.17, 15) is 14.7 Å². The second-order valence-electron chi connectivity index (χ2n) is 3.45. The topological polar surface area (TPSA) is 82.1 Å². The summed E-state index contributed by atoms with van der Waals surface area (Å²) in [5, 5.41) is 9.82. The molecule has 0 aromatic heterocycles. The van der Waals surface area contributed by atoms with Crippen LogP contribution in [0.5, 0.6) is 11.5 Å². The summed E-state index contributed by atoms with van der Waals surface area (Å²) in [4.78, 5) is 22.3. The number of carbonyl (C=O) groups excluding carboxylic acids is 2. The summed E-state index contributed by atoms with van der Waals surface area (Å²) in [6, 6.07) is 4.64. The lowest BCUT2D eigenvalue weighted by Crippen LogP contribution is -2.13. The highest BCUT2D eigenvalue weighted by atomic mass is 16.5. The van der Waals surface area contributed by atoms with Crippen molar-refractivity contribution in [3.05, 3.63) is 29.8 Å². The normalized spacial score (nSPS) is 10.8. The third kappa shape index (κ3) is 3.48. The van der Waals surface area contributed by atoms with E-state index < -0.39 is 17.5 Å². The third-order valence-corrected chi connectivity index (χ3v) is 2.34. The first-order valence-electron chi connectivity index (χ1n) is 5.28. The summed E-state index contributed by atoms with van der Waals surface area (Å²) < 4.78 is 14.3. The van der Waals surface area contributed by atoms with Gasteiger partial charge in [0, 0.05) is 12.1 Å². The van der Waals surface area contributed by atoms with Gasteiger partial charge in [-0.1, -0.05) is 0 Å². The van der Waals surface area contributed by atoms with Crippen LogP contribution < -0.4 is 9.47 Å². The molecule has 102 valence electrons. The maximum atomic E-state index is 11.3. The second-order valence-corrected chi connectivity index (χ2v) is 3.45. The highest BCUT2D eigenvalue weighted by molar-refractivity contribution is 6.39. The Morgan fingerprint density at radius 2 is 1.84 bits per heavy atom.